The maximum Gasteiger partial charge on any atom is 0.335 e. The molecule has 0 saturated carbocycles. The van der Waals surface area contributed by atoms with Crippen LogP contribution in [-0.4, -0.2) is 15.6 Å². The Labute approximate surface area is 137 Å². The molecule has 0 aliphatic carbocycles. The lowest BCUT2D eigenvalue weighted by Gasteiger charge is -2.14. The largest absolute Gasteiger partial charge is 0.478 e. The summed E-state index contributed by atoms with van der Waals surface area (Å²) in [6, 6.07) is 12.2. The molecule has 0 amide bonds. The molecule has 2 aromatic carbocycles. The number of hydrogen-bond donors (Lipinski definition) is 1. The molecule has 0 unspecified atom stereocenters. The second-order valence-electron chi connectivity index (χ2n) is 5.62. The third-order valence-corrected chi connectivity index (χ3v) is 4.04. The van der Waals surface area contributed by atoms with Crippen molar-refractivity contribution in [1.29, 1.82) is 0 Å². The average molecular weight is 325 g/mol. The van der Waals surface area contributed by atoms with Crippen molar-refractivity contribution in [3.8, 4) is 0 Å². The summed E-state index contributed by atoms with van der Waals surface area (Å²) in [5.41, 5.74) is 2.34. The van der Waals surface area contributed by atoms with E-state index in [2.05, 4.69) is 0 Å². The Balaban J connectivity index is 2.22. The van der Waals surface area contributed by atoms with E-state index in [1.54, 1.807) is 34.9 Å². The van der Waals surface area contributed by atoms with E-state index in [1.165, 1.54) is 18.2 Å². The first-order valence-corrected chi connectivity index (χ1v) is 7.64. The van der Waals surface area contributed by atoms with Gasteiger partial charge in [-0.2, -0.15) is 0 Å². The molecule has 0 atom stereocenters. The number of aromatic carboxylic acids is 1. The molecular weight excluding hydrogens is 309 g/mol. The van der Waals surface area contributed by atoms with Crippen molar-refractivity contribution in [2.75, 3.05) is 0 Å². The molecule has 3 rings (SSSR count). The highest BCUT2D eigenvalue weighted by molar-refractivity contribution is 5.95. The van der Waals surface area contributed by atoms with Crippen LogP contribution in [0.5, 0.6) is 0 Å². The maximum atomic E-state index is 13.1. The number of rotatable bonds is 4. The number of halogens is 1. The number of pyridine rings is 1. The van der Waals surface area contributed by atoms with Crippen LogP contribution in [0.2, 0.25) is 0 Å². The van der Waals surface area contributed by atoms with Gasteiger partial charge in [0.1, 0.15) is 5.82 Å². The number of carboxylic acid groups (broad SMARTS) is 1. The van der Waals surface area contributed by atoms with E-state index >= 15 is 0 Å². The fraction of sp³-hybridized carbons (Fsp3) is 0.158. The zero-order valence-electron chi connectivity index (χ0n) is 13.1. The van der Waals surface area contributed by atoms with Gasteiger partial charge in [0, 0.05) is 6.07 Å². The SMILES string of the molecule is CCc1cc(C(=O)O)cc2ccc(=O)n(Cc3ccc(F)cc3)c12. The lowest BCUT2D eigenvalue weighted by molar-refractivity contribution is 0.0697. The number of aromatic nitrogens is 1. The molecule has 1 aromatic heterocycles. The van der Waals surface area contributed by atoms with Crippen molar-refractivity contribution >= 4 is 16.9 Å². The Morgan fingerprint density at radius 3 is 2.46 bits per heavy atom. The van der Waals surface area contributed by atoms with Gasteiger partial charge in [-0.1, -0.05) is 19.1 Å². The van der Waals surface area contributed by atoms with E-state index in [0.29, 0.717) is 18.4 Å². The van der Waals surface area contributed by atoms with E-state index in [-0.39, 0.29) is 16.9 Å². The zero-order valence-corrected chi connectivity index (χ0v) is 13.1. The number of nitrogens with zero attached hydrogens (tertiary/aromatic N) is 1. The molecule has 5 heteroatoms. The molecule has 122 valence electrons. The molecule has 24 heavy (non-hydrogen) atoms. The normalized spacial score (nSPS) is 10.9. The number of carboxylic acids is 1. The van der Waals surface area contributed by atoms with Crippen molar-refractivity contribution in [1.82, 2.24) is 4.57 Å². The fourth-order valence-corrected chi connectivity index (χ4v) is 2.86. The first kappa shape index (κ1) is 15.9. The van der Waals surface area contributed by atoms with Crippen LogP contribution in [0, 0.1) is 5.82 Å². The second kappa shape index (κ2) is 6.28. The summed E-state index contributed by atoms with van der Waals surface area (Å²) in [6.45, 7) is 2.22. The molecule has 3 aromatic rings. The van der Waals surface area contributed by atoms with Crippen molar-refractivity contribution < 1.29 is 14.3 Å². The molecule has 0 aliphatic rings. The Kier molecular flexibility index (Phi) is 4.16. The number of hydrogen-bond acceptors (Lipinski definition) is 2. The van der Waals surface area contributed by atoms with Crippen LogP contribution in [-0.2, 0) is 13.0 Å². The quantitative estimate of drug-likeness (QED) is 0.799. The number of benzene rings is 2. The van der Waals surface area contributed by atoms with E-state index in [9.17, 15) is 19.1 Å². The summed E-state index contributed by atoms with van der Waals surface area (Å²) >= 11 is 0. The predicted octanol–water partition coefficient (Wildman–Crippen LogP) is 3.45. The van der Waals surface area contributed by atoms with Crippen LogP contribution >= 0.6 is 0 Å². The van der Waals surface area contributed by atoms with E-state index in [4.69, 9.17) is 0 Å². The van der Waals surface area contributed by atoms with Gasteiger partial charge in [-0.05, 0) is 53.3 Å². The van der Waals surface area contributed by atoms with Crippen LogP contribution in [0.4, 0.5) is 4.39 Å². The van der Waals surface area contributed by atoms with Gasteiger partial charge in [0.15, 0.2) is 0 Å². The van der Waals surface area contributed by atoms with Gasteiger partial charge >= 0.3 is 5.97 Å². The Hall–Kier alpha value is -2.95. The van der Waals surface area contributed by atoms with Gasteiger partial charge in [-0.15, -0.1) is 0 Å². The lowest BCUT2D eigenvalue weighted by atomic mass is 10.0. The molecule has 0 bridgehead atoms. The zero-order chi connectivity index (χ0) is 17.3. The number of carbonyl (C=O) groups is 1. The van der Waals surface area contributed by atoms with Crippen molar-refractivity contribution in [2.24, 2.45) is 0 Å². The molecule has 4 nitrogen and oxygen atoms in total. The first-order chi connectivity index (χ1) is 11.5. The van der Waals surface area contributed by atoms with Gasteiger partial charge in [-0.25, -0.2) is 9.18 Å². The van der Waals surface area contributed by atoms with Crippen molar-refractivity contribution in [2.45, 2.75) is 19.9 Å². The fourth-order valence-electron chi connectivity index (χ4n) is 2.86. The number of fused-ring (bicyclic) bond motifs is 1. The minimum Gasteiger partial charge on any atom is -0.478 e. The topological polar surface area (TPSA) is 59.3 Å². The second-order valence-corrected chi connectivity index (χ2v) is 5.62. The third kappa shape index (κ3) is 2.93. The average Bonchev–Trinajstić information content (AvgIpc) is 2.58. The summed E-state index contributed by atoms with van der Waals surface area (Å²) in [4.78, 5) is 23.6. The van der Waals surface area contributed by atoms with Gasteiger partial charge in [0.2, 0.25) is 0 Å². The summed E-state index contributed by atoms with van der Waals surface area (Å²) in [5, 5.41) is 9.95. The van der Waals surface area contributed by atoms with Crippen molar-refractivity contribution in [3.63, 3.8) is 0 Å². The first-order valence-electron chi connectivity index (χ1n) is 7.64. The Morgan fingerprint density at radius 1 is 1.12 bits per heavy atom. The third-order valence-electron chi connectivity index (χ3n) is 4.04. The molecule has 1 N–H and O–H groups in total. The highest BCUT2D eigenvalue weighted by atomic mass is 19.1. The minimum atomic E-state index is -0.997. The van der Waals surface area contributed by atoms with Crippen molar-refractivity contribution in [3.05, 3.63) is 81.4 Å². The molecule has 1 heterocycles. The predicted molar refractivity (Wildman–Crippen MR) is 90.0 cm³/mol. The molecule has 0 spiro atoms. The Morgan fingerprint density at radius 2 is 1.83 bits per heavy atom. The van der Waals surface area contributed by atoms with Gasteiger partial charge in [0.25, 0.3) is 5.56 Å². The summed E-state index contributed by atoms with van der Waals surface area (Å²) < 4.78 is 14.7. The standard InChI is InChI=1S/C19H16FNO3/c1-2-13-9-15(19(23)24)10-14-5-8-17(22)21(18(13)14)11-12-3-6-16(20)7-4-12/h3-10H,2,11H2,1H3,(H,23,24). The van der Waals surface area contributed by atoms with Crippen LogP contribution < -0.4 is 5.56 Å². The van der Waals surface area contributed by atoms with E-state index < -0.39 is 5.97 Å². The lowest BCUT2D eigenvalue weighted by Crippen LogP contribution is -2.21. The highest BCUT2D eigenvalue weighted by Gasteiger charge is 2.12. The van der Waals surface area contributed by atoms with E-state index in [0.717, 1.165) is 16.6 Å². The van der Waals surface area contributed by atoms with Gasteiger partial charge < -0.3 is 9.67 Å². The van der Waals surface area contributed by atoms with Crippen LogP contribution in [0.1, 0.15) is 28.4 Å². The molecule has 0 aliphatic heterocycles. The smallest absolute Gasteiger partial charge is 0.335 e. The summed E-state index contributed by atoms with van der Waals surface area (Å²) in [5.74, 6) is -1.33. The maximum absolute atomic E-state index is 13.1. The molecule has 0 radical (unpaired) electrons. The minimum absolute atomic E-state index is 0.176. The molecule has 0 saturated heterocycles. The van der Waals surface area contributed by atoms with Gasteiger partial charge in [-0.3, -0.25) is 4.79 Å². The van der Waals surface area contributed by atoms with Crippen LogP contribution in [0.3, 0.4) is 0 Å². The highest BCUT2D eigenvalue weighted by Crippen LogP contribution is 2.22. The Bertz CT molecular complexity index is 974. The van der Waals surface area contributed by atoms with E-state index in [1.807, 2.05) is 6.92 Å². The number of aryl methyl sites for hydroxylation is 1. The van der Waals surface area contributed by atoms with Crippen LogP contribution in [0.15, 0.2) is 53.3 Å². The molecular formula is C19H16FNO3. The monoisotopic (exact) mass is 325 g/mol. The van der Waals surface area contributed by atoms with Gasteiger partial charge in [0.05, 0.1) is 17.6 Å². The molecule has 0 fully saturated rings. The summed E-state index contributed by atoms with van der Waals surface area (Å²) in [7, 11) is 0. The summed E-state index contributed by atoms with van der Waals surface area (Å²) in [6.07, 6.45) is 0.602. The van der Waals surface area contributed by atoms with Crippen LogP contribution in [0.25, 0.3) is 10.9 Å².